The van der Waals surface area contributed by atoms with E-state index in [1.807, 2.05) is 4.90 Å². The monoisotopic (exact) mass is 307 g/mol. The number of oxime groups is 1. The molecule has 0 spiro atoms. The molecule has 1 aliphatic heterocycles. The SMILES string of the molecule is N/C(=N\O)c1ccc([C@@H](O)CN2CCCC(C(=O)O)C2)cc1. The molecule has 1 aromatic rings. The molecule has 7 nitrogen and oxygen atoms in total. The highest BCUT2D eigenvalue weighted by Gasteiger charge is 2.26. The first-order valence-corrected chi connectivity index (χ1v) is 7.22. The molecule has 0 aliphatic carbocycles. The van der Waals surface area contributed by atoms with Crippen LogP contribution in [-0.4, -0.2) is 51.8 Å². The van der Waals surface area contributed by atoms with Crippen LogP contribution in [0, 0.1) is 5.92 Å². The Morgan fingerprint density at radius 2 is 2.09 bits per heavy atom. The Bertz CT molecular complexity index is 544. The summed E-state index contributed by atoms with van der Waals surface area (Å²) in [4.78, 5) is 13.0. The van der Waals surface area contributed by atoms with Crippen LogP contribution in [0.25, 0.3) is 0 Å². The van der Waals surface area contributed by atoms with E-state index in [1.54, 1.807) is 24.3 Å². The fourth-order valence-corrected chi connectivity index (χ4v) is 2.71. The van der Waals surface area contributed by atoms with E-state index in [9.17, 15) is 9.90 Å². The van der Waals surface area contributed by atoms with Gasteiger partial charge in [0.15, 0.2) is 5.84 Å². The maximum absolute atomic E-state index is 11.1. The number of nitrogens with zero attached hydrogens (tertiary/aromatic N) is 2. The summed E-state index contributed by atoms with van der Waals surface area (Å²) in [7, 11) is 0. The molecular weight excluding hydrogens is 286 g/mol. The second kappa shape index (κ2) is 7.24. The van der Waals surface area contributed by atoms with Crippen LogP contribution in [-0.2, 0) is 4.79 Å². The van der Waals surface area contributed by atoms with Gasteiger partial charge in [-0.2, -0.15) is 0 Å². The van der Waals surface area contributed by atoms with Gasteiger partial charge in [-0.15, -0.1) is 0 Å². The molecule has 1 unspecified atom stereocenters. The number of likely N-dealkylation sites (tertiary alicyclic amines) is 1. The molecular formula is C15H21N3O4. The predicted octanol–water partition coefficient (Wildman–Crippen LogP) is 0.611. The number of hydrogen-bond acceptors (Lipinski definition) is 5. The first-order valence-electron chi connectivity index (χ1n) is 7.22. The third-order valence-corrected chi connectivity index (χ3v) is 3.98. The van der Waals surface area contributed by atoms with Crippen LogP contribution < -0.4 is 5.73 Å². The maximum atomic E-state index is 11.1. The largest absolute Gasteiger partial charge is 0.481 e. The van der Waals surface area contributed by atoms with E-state index >= 15 is 0 Å². The first-order chi connectivity index (χ1) is 10.5. The van der Waals surface area contributed by atoms with Gasteiger partial charge in [0.25, 0.3) is 0 Å². The zero-order valence-corrected chi connectivity index (χ0v) is 12.2. The zero-order valence-electron chi connectivity index (χ0n) is 12.2. The minimum atomic E-state index is -0.776. The smallest absolute Gasteiger partial charge is 0.307 e. The second-order valence-electron chi connectivity index (χ2n) is 5.56. The Hall–Kier alpha value is -2.12. The number of amidine groups is 1. The van der Waals surface area contributed by atoms with E-state index < -0.39 is 12.1 Å². The lowest BCUT2D eigenvalue weighted by atomic mass is 9.97. The molecule has 0 radical (unpaired) electrons. The summed E-state index contributed by atoms with van der Waals surface area (Å²) in [5, 5.41) is 30.9. The van der Waals surface area contributed by atoms with Gasteiger partial charge in [-0.3, -0.25) is 9.69 Å². The third-order valence-electron chi connectivity index (χ3n) is 3.98. The number of aliphatic hydroxyl groups is 1. The summed E-state index contributed by atoms with van der Waals surface area (Å²) in [6.45, 7) is 1.66. The van der Waals surface area contributed by atoms with Crippen LogP contribution in [0.5, 0.6) is 0 Å². The number of aliphatic carboxylic acids is 1. The van der Waals surface area contributed by atoms with Crippen LogP contribution in [0.15, 0.2) is 29.4 Å². The summed E-state index contributed by atoms with van der Waals surface area (Å²) in [6.07, 6.45) is 0.816. The van der Waals surface area contributed by atoms with Crippen LogP contribution in [0.3, 0.4) is 0 Å². The molecule has 0 bridgehead atoms. The number of carboxylic acids is 1. The summed E-state index contributed by atoms with van der Waals surface area (Å²) in [6, 6.07) is 6.78. The van der Waals surface area contributed by atoms with E-state index in [0.717, 1.165) is 13.0 Å². The van der Waals surface area contributed by atoms with Crippen LogP contribution in [0.4, 0.5) is 0 Å². The van der Waals surface area contributed by atoms with Crippen molar-refractivity contribution in [3.63, 3.8) is 0 Å². The molecule has 1 saturated heterocycles. The quantitative estimate of drug-likeness (QED) is 0.274. The summed E-state index contributed by atoms with van der Waals surface area (Å²) < 4.78 is 0. The molecule has 2 rings (SSSR count). The summed E-state index contributed by atoms with van der Waals surface area (Å²) in [5.74, 6) is -1.12. The van der Waals surface area contributed by atoms with Gasteiger partial charge in [0.1, 0.15) is 0 Å². The van der Waals surface area contributed by atoms with Crippen molar-refractivity contribution < 1.29 is 20.2 Å². The summed E-state index contributed by atoms with van der Waals surface area (Å²) >= 11 is 0. The molecule has 1 heterocycles. The highest BCUT2D eigenvalue weighted by molar-refractivity contribution is 5.96. The van der Waals surface area contributed by atoms with E-state index in [1.165, 1.54) is 0 Å². The number of rotatable bonds is 5. The Labute approximate surface area is 128 Å². The van der Waals surface area contributed by atoms with Crippen molar-refractivity contribution in [2.45, 2.75) is 18.9 Å². The average molecular weight is 307 g/mol. The molecule has 22 heavy (non-hydrogen) atoms. The van der Waals surface area contributed by atoms with Gasteiger partial charge >= 0.3 is 5.97 Å². The lowest BCUT2D eigenvalue weighted by Gasteiger charge is -2.32. The highest BCUT2D eigenvalue weighted by Crippen LogP contribution is 2.21. The Kier molecular flexibility index (Phi) is 5.35. The fourth-order valence-electron chi connectivity index (χ4n) is 2.71. The number of hydrogen-bond donors (Lipinski definition) is 4. The molecule has 2 atom stereocenters. The normalized spacial score (nSPS) is 21.5. The predicted molar refractivity (Wildman–Crippen MR) is 80.7 cm³/mol. The van der Waals surface area contributed by atoms with Crippen molar-refractivity contribution in [3.8, 4) is 0 Å². The van der Waals surface area contributed by atoms with Crippen molar-refractivity contribution in [1.82, 2.24) is 4.90 Å². The number of aliphatic hydroxyl groups excluding tert-OH is 1. The minimum Gasteiger partial charge on any atom is -0.481 e. The van der Waals surface area contributed by atoms with Gasteiger partial charge in [0.05, 0.1) is 12.0 Å². The lowest BCUT2D eigenvalue weighted by molar-refractivity contribution is -0.143. The van der Waals surface area contributed by atoms with Gasteiger partial charge in [0.2, 0.25) is 0 Å². The standard InChI is InChI=1S/C15H21N3O4/c16-14(17-22)11-5-3-10(4-6-11)13(19)9-18-7-1-2-12(8-18)15(20)21/h3-6,12-13,19,22H,1-2,7-9H2,(H2,16,17)(H,20,21)/t12?,13-/m0/s1. The van der Waals surface area contributed by atoms with Gasteiger partial charge in [-0.05, 0) is 24.9 Å². The highest BCUT2D eigenvalue weighted by atomic mass is 16.4. The molecule has 0 saturated carbocycles. The first kappa shape index (κ1) is 16.3. The van der Waals surface area contributed by atoms with Gasteiger partial charge in [-0.1, -0.05) is 29.4 Å². The van der Waals surface area contributed by atoms with E-state index in [2.05, 4.69) is 5.16 Å². The number of piperidine rings is 1. The zero-order chi connectivity index (χ0) is 16.1. The molecule has 0 amide bonds. The fraction of sp³-hybridized carbons (Fsp3) is 0.467. The molecule has 120 valence electrons. The van der Waals surface area contributed by atoms with Crippen molar-refractivity contribution in [1.29, 1.82) is 0 Å². The number of nitrogens with two attached hydrogens (primary N) is 1. The maximum Gasteiger partial charge on any atom is 0.307 e. The van der Waals surface area contributed by atoms with Crippen LogP contribution >= 0.6 is 0 Å². The van der Waals surface area contributed by atoms with Crippen molar-refractivity contribution in [3.05, 3.63) is 35.4 Å². The van der Waals surface area contributed by atoms with Crippen LogP contribution in [0.2, 0.25) is 0 Å². The van der Waals surface area contributed by atoms with Gasteiger partial charge in [0, 0.05) is 18.7 Å². The Morgan fingerprint density at radius 1 is 1.41 bits per heavy atom. The van der Waals surface area contributed by atoms with E-state index in [4.69, 9.17) is 16.0 Å². The number of benzene rings is 1. The molecule has 1 aliphatic rings. The number of carboxylic acid groups (broad SMARTS) is 1. The van der Waals surface area contributed by atoms with Crippen LogP contribution in [0.1, 0.15) is 30.1 Å². The molecule has 1 aromatic carbocycles. The lowest BCUT2D eigenvalue weighted by Crippen LogP contribution is -2.40. The van der Waals surface area contributed by atoms with Crippen molar-refractivity contribution in [2.24, 2.45) is 16.8 Å². The third kappa shape index (κ3) is 3.96. The average Bonchev–Trinajstić information content (AvgIpc) is 2.54. The number of carbonyl (C=O) groups is 1. The van der Waals surface area contributed by atoms with E-state index in [-0.39, 0.29) is 11.8 Å². The Morgan fingerprint density at radius 3 is 2.68 bits per heavy atom. The Balaban J connectivity index is 1.97. The molecule has 7 heteroatoms. The van der Waals surface area contributed by atoms with Gasteiger partial charge in [-0.25, -0.2) is 0 Å². The summed E-state index contributed by atoms with van der Waals surface area (Å²) in [5.41, 5.74) is 6.77. The topological polar surface area (TPSA) is 119 Å². The van der Waals surface area contributed by atoms with Crippen molar-refractivity contribution >= 4 is 11.8 Å². The number of β-amino-alcohol motifs (C(OH)–C–C–N with tert-alkyl or cyclic N) is 1. The molecule has 1 fully saturated rings. The van der Waals surface area contributed by atoms with E-state index in [0.29, 0.717) is 30.6 Å². The second-order valence-corrected chi connectivity index (χ2v) is 5.56. The van der Waals surface area contributed by atoms with Crippen molar-refractivity contribution in [2.75, 3.05) is 19.6 Å². The minimum absolute atomic E-state index is 0.0152. The molecule has 5 N–H and O–H groups in total. The molecule has 0 aromatic heterocycles. The van der Waals surface area contributed by atoms with Gasteiger partial charge < -0.3 is 21.2 Å².